The highest BCUT2D eigenvalue weighted by atomic mass is 35.5. The molecule has 4 nitrogen and oxygen atoms in total. The van der Waals surface area contributed by atoms with Crippen molar-refractivity contribution in [1.82, 2.24) is 0 Å². The van der Waals surface area contributed by atoms with Crippen molar-refractivity contribution in [2.24, 2.45) is 5.41 Å². The van der Waals surface area contributed by atoms with E-state index in [-0.39, 0.29) is 18.4 Å². The molecular formula is C13H12Cl2N2O2. The SMILES string of the molecule is C[C@]1(C(=O)N2CC(=O)Nc3ccccc32)CC1(Cl)Cl. The van der Waals surface area contributed by atoms with E-state index in [9.17, 15) is 9.59 Å². The number of benzene rings is 1. The Morgan fingerprint density at radius 3 is 2.63 bits per heavy atom. The zero-order valence-corrected chi connectivity index (χ0v) is 11.8. The molecule has 0 spiro atoms. The van der Waals surface area contributed by atoms with Gasteiger partial charge in [0.1, 0.15) is 10.9 Å². The van der Waals surface area contributed by atoms with E-state index in [2.05, 4.69) is 5.32 Å². The number of rotatable bonds is 1. The van der Waals surface area contributed by atoms with E-state index in [1.807, 2.05) is 6.07 Å². The fourth-order valence-electron chi connectivity index (χ4n) is 2.34. The predicted octanol–water partition coefficient (Wildman–Crippen LogP) is 2.56. The highest BCUT2D eigenvalue weighted by Gasteiger charge is 2.69. The first-order valence-corrected chi connectivity index (χ1v) is 6.69. The van der Waals surface area contributed by atoms with Gasteiger partial charge in [-0.2, -0.15) is 0 Å². The van der Waals surface area contributed by atoms with Crippen molar-refractivity contribution < 1.29 is 9.59 Å². The molecule has 1 saturated carbocycles. The Labute approximate surface area is 120 Å². The normalized spacial score (nSPS) is 27.5. The summed E-state index contributed by atoms with van der Waals surface area (Å²) in [6.45, 7) is 1.72. The van der Waals surface area contributed by atoms with Gasteiger partial charge in [-0.1, -0.05) is 12.1 Å². The van der Waals surface area contributed by atoms with Crippen molar-refractivity contribution in [2.45, 2.75) is 17.7 Å². The van der Waals surface area contributed by atoms with Crippen LogP contribution in [0.25, 0.3) is 0 Å². The summed E-state index contributed by atoms with van der Waals surface area (Å²) in [4.78, 5) is 25.7. The van der Waals surface area contributed by atoms with E-state index >= 15 is 0 Å². The Bertz CT molecular complexity index is 588. The lowest BCUT2D eigenvalue weighted by molar-refractivity contribution is -0.125. The minimum absolute atomic E-state index is 0.00467. The predicted molar refractivity (Wildman–Crippen MR) is 74.6 cm³/mol. The lowest BCUT2D eigenvalue weighted by Gasteiger charge is -2.31. The van der Waals surface area contributed by atoms with Gasteiger partial charge < -0.3 is 10.2 Å². The zero-order valence-electron chi connectivity index (χ0n) is 10.2. The standard InChI is InChI=1S/C13H12Cl2N2O2/c1-12(7-13(12,14)15)11(19)17-6-10(18)16-8-4-2-3-5-9(8)17/h2-5H,6-7H2,1H3,(H,16,18)/t12-/m1/s1. The maximum Gasteiger partial charge on any atom is 0.244 e. The Morgan fingerprint density at radius 1 is 1.37 bits per heavy atom. The van der Waals surface area contributed by atoms with Gasteiger partial charge >= 0.3 is 0 Å². The van der Waals surface area contributed by atoms with Gasteiger partial charge in [0.2, 0.25) is 11.8 Å². The van der Waals surface area contributed by atoms with E-state index in [1.165, 1.54) is 4.90 Å². The molecule has 6 heteroatoms. The van der Waals surface area contributed by atoms with Gasteiger partial charge in [0.05, 0.1) is 16.8 Å². The van der Waals surface area contributed by atoms with Crippen molar-refractivity contribution >= 4 is 46.4 Å². The van der Waals surface area contributed by atoms with Gasteiger partial charge in [0, 0.05) is 0 Å². The molecule has 0 bridgehead atoms. The summed E-state index contributed by atoms with van der Waals surface area (Å²) in [7, 11) is 0. The van der Waals surface area contributed by atoms with Crippen LogP contribution in [0.3, 0.4) is 0 Å². The first-order chi connectivity index (χ1) is 8.85. The van der Waals surface area contributed by atoms with Crippen LogP contribution in [0.5, 0.6) is 0 Å². The van der Waals surface area contributed by atoms with Crippen LogP contribution < -0.4 is 10.2 Å². The number of halogens is 2. The fraction of sp³-hybridized carbons (Fsp3) is 0.385. The van der Waals surface area contributed by atoms with E-state index in [0.29, 0.717) is 17.8 Å². The number of para-hydroxylation sites is 2. The third-order valence-corrected chi connectivity index (χ3v) is 4.85. The zero-order chi connectivity index (χ0) is 13.8. The minimum atomic E-state index is -1.03. The number of anilines is 2. The molecule has 3 rings (SSSR count). The van der Waals surface area contributed by atoms with E-state index in [1.54, 1.807) is 25.1 Å². The first-order valence-electron chi connectivity index (χ1n) is 5.94. The third kappa shape index (κ3) is 1.82. The molecule has 100 valence electrons. The number of nitrogens with one attached hydrogen (secondary N) is 1. The molecule has 1 aliphatic heterocycles. The van der Waals surface area contributed by atoms with Crippen LogP contribution in [-0.4, -0.2) is 22.7 Å². The van der Waals surface area contributed by atoms with Crippen LogP contribution in [0, 0.1) is 5.41 Å². The molecule has 1 aliphatic carbocycles. The van der Waals surface area contributed by atoms with Gasteiger partial charge in [-0.3, -0.25) is 9.59 Å². The monoisotopic (exact) mass is 298 g/mol. The molecule has 2 aliphatic rings. The number of nitrogens with zero attached hydrogens (tertiary/aromatic N) is 1. The van der Waals surface area contributed by atoms with Crippen molar-refractivity contribution in [2.75, 3.05) is 16.8 Å². The molecule has 19 heavy (non-hydrogen) atoms. The number of alkyl halides is 2. The van der Waals surface area contributed by atoms with Gasteiger partial charge in [-0.05, 0) is 25.5 Å². The number of amides is 2. The largest absolute Gasteiger partial charge is 0.323 e. The van der Waals surface area contributed by atoms with E-state index in [4.69, 9.17) is 23.2 Å². The molecule has 1 aromatic rings. The lowest BCUT2D eigenvalue weighted by atomic mass is 10.1. The summed E-state index contributed by atoms with van der Waals surface area (Å²) in [6, 6.07) is 7.18. The molecule has 2 amide bonds. The van der Waals surface area contributed by atoms with E-state index < -0.39 is 9.75 Å². The third-order valence-electron chi connectivity index (χ3n) is 3.75. The fourth-order valence-corrected chi connectivity index (χ4v) is 3.04. The molecule has 1 aromatic carbocycles. The Kier molecular flexibility index (Phi) is 2.60. The molecule has 1 heterocycles. The number of carbonyl (C=O) groups excluding carboxylic acids is 2. The summed E-state index contributed by atoms with van der Waals surface area (Å²) in [6.07, 6.45) is 0.405. The second-order valence-corrected chi connectivity index (χ2v) is 6.65. The Balaban J connectivity index is 1.98. The van der Waals surface area contributed by atoms with Gasteiger partial charge in [0.15, 0.2) is 0 Å². The number of hydrogen-bond donors (Lipinski definition) is 1. The maximum atomic E-state index is 12.6. The quantitative estimate of drug-likeness (QED) is 0.810. The maximum absolute atomic E-state index is 12.6. The van der Waals surface area contributed by atoms with Gasteiger partial charge in [-0.25, -0.2) is 0 Å². The second kappa shape index (κ2) is 3.87. The summed E-state index contributed by atoms with van der Waals surface area (Å²) >= 11 is 12.1. The molecule has 1 fully saturated rings. The highest BCUT2D eigenvalue weighted by molar-refractivity contribution is 6.53. The van der Waals surface area contributed by atoms with Crippen LogP contribution in [0.1, 0.15) is 13.3 Å². The summed E-state index contributed by atoms with van der Waals surface area (Å²) in [5.74, 6) is -0.425. The second-order valence-electron chi connectivity index (χ2n) is 5.17. The first kappa shape index (κ1) is 12.8. The van der Waals surface area contributed by atoms with Crippen LogP contribution in [-0.2, 0) is 9.59 Å². The molecule has 1 N–H and O–H groups in total. The van der Waals surface area contributed by atoms with Crippen molar-refractivity contribution in [1.29, 1.82) is 0 Å². The number of hydrogen-bond acceptors (Lipinski definition) is 2. The molecule has 0 aromatic heterocycles. The highest BCUT2D eigenvalue weighted by Crippen LogP contribution is 2.64. The Hall–Kier alpha value is -1.26. The number of fused-ring (bicyclic) bond motifs is 1. The average Bonchev–Trinajstić information content (AvgIpc) is 2.88. The summed E-state index contributed by atoms with van der Waals surface area (Å²) in [5, 5.41) is 2.74. The molecule has 0 saturated heterocycles. The average molecular weight is 299 g/mol. The molecule has 0 unspecified atom stereocenters. The van der Waals surface area contributed by atoms with Gasteiger partial charge in [0.25, 0.3) is 0 Å². The van der Waals surface area contributed by atoms with Gasteiger partial charge in [-0.15, -0.1) is 23.2 Å². The van der Waals surface area contributed by atoms with Crippen molar-refractivity contribution in [3.63, 3.8) is 0 Å². The summed E-state index contributed by atoms with van der Waals surface area (Å²) < 4.78 is -1.03. The smallest absolute Gasteiger partial charge is 0.244 e. The number of carbonyl (C=O) groups is 2. The van der Waals surface area contributed by atoms with Crippen LogP contribution in [0.2, 0.25) is 0 Å². The molecule has 0 radical (unpaired) electrons. The molecular weight excluding hydrogens is 287 g/mol. The van der Waals surface area contributed by atoms with Crippen LogP contribution >= 0.6 is 23.2 Å². The van der Waals surface area contributed by atoms with E-state index in [0.717, 1.165) is 0 Å². The van der Waals surface area contributed by atoms with Crippen molar-refractivity contribution in [3.8, 4) is 0 Å². The van der Waals surface area contributed by atoms with Crippen molar-refractivity contribution in [3.05, 3.63) is 24.3 Å². The lowest BCUT2D eigenvalue weighted by Crippen LogP contribution is -2.46. The molecule has 1 atom stereocenters. The van der Waals surface area contributed by atoms with Crippen LogP contribution in [0.15, 0.2) is 24.3 Å². The topological polar surface area (TPSA) is 49.4 Å². The summed E-state index contributed by atoms with van der Waals surface area (Å²) in [5.41, 5.74) is 0.497. The Morgan fingerprint density at radius 2 is 2.00 bits per heavy atom. The van der Waals surface area contributed by atoms with Crippen LogP contribution in [0.4, 0.5) is 11.4 Å². The minimum Gasteiger partial charge on any atom is -0.323 e.